The lowest BCUT2D eigenvalue weighted by Gasteiger charge is -2.26. The number of carboxylic acids is 1. The minimum absolute atomic E-state index is 0.0312. The summed E-state index contributed by atoms with van der Waals surface area (Å²) in [6, 6.07) is 21.5. The number of carbonyl (C=O) groups is 1. The molecule has 0 bridgehead atoms. The molecule has 0 aliphatic carbocycles. The van der Waals surface area contributed by atoms with Crippen molar-refractivity contribution in [1.82, 2.24) is 10.0 Å². The van der Waals surface area contributed by atoms with Crippen LogP contribution in [0.2, 0.25) is 0 Å². The molecule has 0 fully saturated rings. The minimum atomic E-state index is -3.67. The van der Waals surface area contributed by atoms with Gasteiger partial charge < -0.3 is 30.5 Å². The molecule has 0 amide bonds. The van der Waals surface area contributed by atoms with E-state index in [0.29, 0.717) is 24.3 Å². The number of aliphatic hydroxyl groups is 2. The van der Waals surface area contributed by atoms with Crippen LogP contribution < -0.4 is 10.0 Å². The van der Waals surface area contributed by atoms with Crippen LogP contribution in [0, 0.1) is 0 Å². The summed E-state index contributed by atoms with van der Waals surface area (Å²) in [4.78, 5) is 9.28. The van der Waals surface area contributed by atoms with Crippen LogP contribution in [0.25, 0.3) is 0 Å². The number of hydrogen-bond acceptors (Lipinski definition) is 8. The monoisotopic (exact) mass is 672 g/mol. The first-order chi connectivity index (χ1) is 22.4. The average molecular weight is 673 g/mol. The van der Waals surface area contributed by atoms with Crippen molar-refractivity contribution in [3.05, 3.63) is 95.1 Å². The minimum Gasteiger partial charge on any atom is -0.508 e. The van der Waals surface area contributed by atoms with E-state index in [0.717, 1.165) is 76.1 Å². The standard InChI is InChI=1S/C34H48N2O6S.C2H4O2/c1-34(2,30-15-6-5-7-16-30)36-43(40,41)31-17-12-14-27(23-31)13-8-11-22-42-21-10-4-3-9-20-35-25-33(39)28-18-19-32(38)29(24-28)26-37;1-2(3)4/h5-7,12,14-19,23-24,33,35-39H,3-4,8-11,13,20-22,25-26H2,1-2H3;1H3,(H,3,4)/t33-;/m0./s1. The molecule has 47 heavy (non-hydrogen) atoms. The molecule has 0 spiro atoms. The Morgan fingerprint density at radius 1 is 0.894 bits per heavy atom. The van der Waals surface area contributed by atoms with E-state index < -0.39 is 27.6 Å². The van der Waals surface area contributed by atoms with E-state index in [-0.39, 0.29) is 17.3 Å². The number of sulfonamides is 1. The van der Waals surface area contributed by atoms with Crippen molar-refractivity contribution in [3.63, 3.8) is 0 Å². The first kappa shape index (κ1) is 39.9. The van der Waals surface area contributed by atoms with E-state index in [4.69, 9.17) is 14.6 Å². The van der Waals surface area contributed by atoms with Gasteiger partial charge in [-0.2, -0.15) is 0 Å². The maximum atomic E-state index is 13.1. The Morgan fingerprint density at radius 3 is 2.23 bits per heavy atom. The highest BCUT2D eigenvalue weighted by Crippen LogP contribution is 2.24. The first-order valence-corrected chi connectivity index (χ1v) is 17.6. The summed E-state index contributed by atoms with van der Waals surface area (Å²) >= 11 is 0. The maximum Gasteiger partial charge on any atom is 0.300 e. The number of aliphatic hydroxyl groups excluding tert-OH is 2. The SMILES string of the molecule is CC(=O)O.CC(C)(NS(=O)(=O)c1cccc(CCCCOCCCCCCNC[C@H](O)c2ccc(O)c(CO)c2)c1)c1ccccc1. The lowest BCUT2D eigenvalue weighted by Crippen LogP contribution is -2.40. The molecular formula is C36H52N2O8S. The molecule has 6 N–H and O–H groups in total. The fourth-order valence-corrected chi connectivity index (χ4v) is 6.39. The number of phenols is 1. The predicted octanol–water partition coefficient (Wildman–Crippen LogP) is 5.41. The van der Waals surface area contributed by atoms with Crippen molar-refractivity contribution < 1.29 is 38.4 Å². The Bertz CT molecular complexity index is 1440. The van der Waals surface area contributed by atoms with Crippen LogP contribution in [0.5, 0.6) is 5.75 Å². The molecular weight excluding hydrogens is 620 g/mol. The van der Waals surface area contributed by atoms with Crippen molar-refractivity contribution in [2.45, 2.75) is 88.9 Å². The lowest BCUT2D eigenvalue weighted by atomic mass is 9.96. The van der Waals surface area contributed by atoms with E-state index >= 15 is 0 Å². The van der Waals surface area contributed by atoms with Crippen LogP contribution >= 0.6 is 0 Å². The molecule has 10 nitrogen and oxygen atoms in total. The number of nitrogens with one attached hydrogen (secondary N) is 2. The van der Waals surface area contributed by atoms with Gasteiger partial charge in [-0.05, 0) is 93.5 Å². The highest BCUT2D eigenvalue weighted by Gasteiger charge is 2.27. The van der Waals surface area contributed by atoms with Gasteiger partial charge in [-0.3, -0.25) is 4.79 Å². The zero-order valence-electron chi connectivity index (χ0n) is 27.8. The number of aliphatic carboxylic acids is 1. The Kier molecular flexibility index (Phi) is 17.7. The number of aryl methyl sites for hydroxylation is 1. The molecule has 0 aliphatic rings. The number of ether oxygens (including phenoxy) is 1. The molecule has 0 aliphatic heterocycles. The number of carboxylic acid groups (broad SMARTS) is 1. The fourth-order valence-electron chi connectivity index (χ4n) is 4.92. The Balaban J connectivity index is 0.00000181. The van der Waals surface area contributed by atoms with Crippen LogP contribution in [-0.4, -0.2) is 61.1 Å². The van der Waals surface area contributed by atoms with Gasteiger partial charge in [0.15, 0.2) is 0 Å². The van der Waals surface area contributed by atoms with Gasteiger partial charge in [0.1, 0.15) is 5.75 Å². The van der Waals surface area contributed by atoms with Crippen molar-refractivity contribution in [2.24, 2.45) is 0 Å². The van der Waals surface area contributed by atoms with Gasteiger partial charge >= 0.3 is 0 Å². The molecule has 3 aromatic carbocycles. The van der Waals surface area contributed by atoms with E-state index in [9.17, 15) is 23.7 Å². The quantitative estimate of drug-likeness (QED) is 0.0861. The van der Waals surface area contributed by atoms with Gasteiger partial charge in [0.2, 0.25) is 10.0 Å². The second kappa shape index (κ2) is 20.8. The summed E-state index contributed by atoms with van der Waals surface area (Å²) in [7, 11) is -3.67. The molecule has 11 heteroatoms. The molecule has 3 aromatic rings. The largest absolute Gasteiger partial charge is 0.508 e. The van der Waals surface area contributed by atoms with Gasteiger partial charge in [-0.1, -0.05) is 61.4 Å². The van der Waals surface area contributed by atoms with Gasteiger partial charge in [0.05, 0.1) is 23.1 Å². The zero-order chi connectivity index (χ0) is 34.7. The summed E-state index contributed by atoms with van der Waals surface area (Å²) < 4.78 is 34.8. The number of hydrogen-bond donors (Lipinski definition) is 6. The first-order valence-electron chi connectivity index (χ1n) is 16.1. The molecule has 0 unspecified atom stereocenters. The van der Waals surface area contributed by atoms with Crippen LogP contribution in [0.4, 0.5) is 0 Å². The molecule has 1 atom stereocenters. The summed E-state index contributed by atoms with van der Waals surface area (Å²) in [6.07, 6.45) is 6.13. The summed E-state index contributed by atoms with van der Waals surface area (Å²) in [5.41, 5.74) is 2.26. The number of aromatic hydroxyl groups is 1. The lowest BCUT2D eigenvalue weighted by molar-refractivity contribution is -0.134. The highest BCUT2D eigenvalue weighted by molar-refractivity contribution is 7.89. The Morgan fingerprint density at radius 2 is 1.55 bits per heavy atom. The van der Waals surface area contributed by atoms with E-state index in [2.05, 4.69) is 10.0 Å². The molecule has 260 valence electrons. The molecule has 0 saturated heterocycles. The van der Waals surface area contributed by atoms with Crippen LogP contribution in [0.1, 0.15) is 87.7 Å². The molecule has 0 radical (unpaired) electrons. The van der Waals surface area contributed by atoms with Crippen molar-refractivity contribution in [3.8, 4) is 5.75 Å². The average Bonchev–Trinajstić information content (AvgIpc) is 3.03. The normalized spacial score (nSPS) is 12.3. The van der Waals surface area contributed by atoms with Crippen LogP contribution in [-0.2, 0) is 38.1 Å². The maximum absolute atomic E-state index is 13.1. The molecule has 3 rings (SSSR count). The highest BCUT2D eigenvalue weighted by atomic mass is 32.2. The Labute approximate surface area is 279 Å². The van der Waals surface area contributed by atoms with E-state index in [1.165, 1.54) is 6.07 Å². The van der Waals surface area contributed by atoms with Crippen LogP contribution in [0.15, 0.2) is 77.7 Å². The fraction of sp³-hybridized carbons (Fsp3) is 0.472. The third kappa shape index (κ3) is 15.4. The van der Waals surface area contributed by atoms with Crippen LogP contribution in [0.3, 0.4) is 0 Å². The topological polar surface area (TPSA) is 165 Å². The second-order valence-corrected chi connectivity index (χ2v) is 13.7. The summed E-state index contributed by atoms with van der Waals surface area (Å²) in [5, 5.41) is 39.9. The van der Waals surface area contributed by atoms with Crippen molar-refractivity contribution in [2.75, 3.05) is 26.3 Å². The predicted molar refractivity (Wildman–Crippen MR) is 184 cm³/mol. The number of unbranched alkanes of at least 4 members (excludes halogenated alkanes) is 4. The van der Waals surface area contributed by atoms with Gasteiger partial charge in [0, 0.05) is 32.2 Å². The molecule has 0 heterocycles. The molecule has 0 saturated carbocycles. The van der Waals surface area contributed by atoms with Crippen molar-refractivity contribution >= 4 is 16.0 Å². The van der Waals surface area contributed by atoms with Crippen molar-refractivity contribution in [1.29, 1.82) is 0 Å². The van der Waals surface area contributed by atoms with E-state index in [1.807, 2.05) is 50.2 Å². The Hall–Kier alpha value is -3.32. The van der Waals surface area contributed by atoms with Gasteiger partial charge in [-0.15, -0.1) is 0 Å². The number of benzene rings is 3. The third-order valence-electron chi connectivity index (χ3n) is 7.49. The van der Waals surface area contributed by atoms with E-state index in [1.54, 1.807) is 30.3 Å². The number of rotatable bonds is 20. The summed E-state index contributed by atoms with van der Waals surface area (Å²) in [5.74, 6) is -0.802. The summed E-state index contributed by atoms with van der Waals surface area (Å²) in [6.45, 7) is 7.21. The molecule has 0 aromatic heterocycles. The second-order valence-electron chi connectivity index (χ2n) is 12.0. The third-order valence-corrected chi connectivity index (χ3v) is 9.14. The van der Waals surface area contributed by atoms with Gasteiger partial charge in [-0.25, -0.2) is 13.1 Å². The van der Waals surface area contributed by atoms with Gasteiger partial charge in [0.25, 0.3) is 5.97 Å². The smallest absolute Gasteiger partial charge is 0.300 e. The zero-order valence-corrected chi connectivity index (χ0v) is 28.6.